The van der Waals surface area contributed by atoms with Crippen LogP contribution in [0.5, 0.6) is 0 Å². The molecule has 0 heterocycles. The lowest BCUT2D eigenvalue weighted by molar-refractivity contribution is 0.317. The summed E-state index contributed by atoms with van der Waals surface area (Å²) in [5, 5.41) is 3.81. The highest BCUT2D eigenvalue weighted by Crippen LogP contribution is 2.41. The number of rotatable bonds is 5. The number of nitrogens with one attached hydrogen (secondary N) is 1. The highest BCUT2D eigenvalue weighted by molar-refractivity contribution is 6.30. The zero-order valence-corrected chi connectivity index (χ0v) is 12.6. The molecule has 1 aliphatic carbocycles. The van der Waals surface area contributed by atoms with Crippen LogP contribution in [0.1, 0.15) is 45.1 Å². The van der Waals surface area contributed by atoms with Crippen LogP contribution in [0.3, 0.4) is 0 Å². The Morgan fingerprint density at radius 2 is 2.26 bits per heavy atom. The van der Waals surface area contributed by atoms with Crippen LogP contribution in [-0.2, 0) is 6.42 Å². The van der Waals surface area contributed by atoms with Gasteiger partial charge in [0.15, 0.2) is 0 Å². The molecular formula is C16H23ClFN. The molecule has 2 unspecified atom stereocenters. The van der Waals surface area contributed by atoms with E-state index in [1.807, 2.05) is 12.1 Å². The van der Waals surface area contributed by atoms with Crippen molar-refractivity contribution in [3.05, 3.63) is 34.6 Å². The second-order valence-corrected chi connectivity index (χ2v) is 6.50. The molecule has 19 heavy (non-hydrogen) atoms. The Labute approximate surface area is 120 Å². The van der Waals surface area contributed by atoms with Crippen LogP contribution >= 0.6 is 11.6 Å². The average molecular weight is 284 g/mol. The van der Waals surface area contributed by atoms with Gasteiger partial charge in [0.25, 0.3) is 0 Å². The Bertz CT molecular complexity index is 435. The molecule has 1 N–H and O–H groups in total. The minimum Gasteiger partial charge on any atom is -0.314 e. The standard InChI is InChI=1S/C16H23ClFN/c1-3-9-19-13-7-8-16(2,11-13)10-12-5-4-6-14(17)15(12)18/h4-6,13,19H,3,7-11H2,1-2H3. The fraction of sp³-hybridized carbons (Fsp3) is 0.625. The van der Waals surface area contributed by atoms with Gasteiger partial charge in [-0.1, -0.05) is 37.6 Å². The highest BCUT2D eigenvalue weighted by Gasteiger charge is 2.35. The SMILES string of the molecule is CCCNC1CCC(C)(Cc2cccc(Cl)c2F)C1. The molecule has 0 amide bonds. The van der Waals surface area contributed by atoms with Crippen LogP contribution in [0, 0.1) is 11.2 Å². The lowest BCUT2D eigenvalue weighted by Gasteiger charge is -2.25. The maximum Gasteiger partial charge on any atom is 0.144 e. The summed E-state index contributed by atoms with van der Waals surface area (Å²) in [7, 11) is 0. The predicted molar refractivity (Wildman–Crippen MR) is 79.2 cm³/mol. The molecule has 1 nitrogen and oxygen atoms in total. The third-order valence-electron chi connectivity index (χ3n) is 4.17. The van der Waals surface area contributed by atoms with Gasteiger partial charge in [-0.15, -0.1) is 0 Å². The first-order chi connectivity index (χ1) is 9.04. The molecule has 0 saturated heterocycles. The van der Waals surface area contributed by atoms with Crippen molar-refractivity contribution in [1.29, 1.82) is 0 Å². The highest BCUT2D eigenvalue weighted by atomic mass is 35.5. The molecule has 1 aromatic carbocycles. The van der Waals surface area contributed by atoms with Crippen LogP contribution in [0.25, 0.3) is 0 Å². The first-order valence-electron chi connectivity index (χ1n) is 7.20. The van der Waals surface area contributed by atoms with E-state index in [0.29, 0.717) is 6.04 Å². The van der Waals surface area contributed by atoms with Gasteiger partial charge in [-0.2, -0.15) is 0 Å². The van der Waals surface area contributed by atoms with Crippen LogP contribution in [0.2, 0.25) is 5.02 Å². The number of benzene rings is 1. The van der Waals surface area contributed by atoms with Gasteiger partial charge < -0.3 is 5.32 Å². The second kappa shape index (κ2) is 6.23. The third kappa shape index (κ3) is 3.70. The van der Waals surface area contributed by atoms with Gasteiger partial charge >= 0.3 is 0 Å². The van der Waals surface area contributed by atoms with E-state index in [-0.39, 0.29) is 16.3 Å². The summed E-state index contributed by atoms with van der Waals surface area (Å²) >= 11 is 5.85. The van der Waals surface area contributed by atoms with Gasteiger partial charge in [-0.3, -0.25) is 0 Å². The van der Waals surface area contributed by atoms with E-state index in [1.165, 1.54) is 6.42 Å². The summed E-state index contributed by atoms with van der Waals surface area (Å²) < 4.78 is 14.0. The van der Waals surface area contributed by atoms with Gasteiger partial charge in [0.1, 0.15) is 5.82 Å². The van der Waals surface area contributed by atoms with Gasteiger partial charge in [0, 0.05) is 6.04 Å². The van der Waals surface area contributed by atoms with Crippen molar-refractivity contribution in [2.24, 2.45) is 5.41 Å². The zero-order chi connectivity index (χ0) is 13.9. The molecule has 1 aliphatic rings. The molecular weight excluding hydrogens is 261 g/mol. The van der Waals surface area contributed by atoms with E-state index in [1.54, 1.807) is 6.07 Å². The summed E-state index contributed by atoms with van der Waals surface area (Å²) in [5.74, 6) is -0.240. The van der Waals surface area contributed by atoms with E-state index in [4.69, 9.17) is 11.6 Å². The maximum atomic E-state index is 14.0. The van der Waals surface area contributed by atoms with Crippen molar-refractivity contribution < 1.29 is 4.39 Å². The lowest BCUT2D eigenvalue weighted by atomic mass is 9.82. The molecule has 3 heteroatoms. The fourth-order valence-corrected chi connectivity index (χ4v) is 3.34. The Hall–Kier alpha value is -0.600. The first kappa shape index (κ1) is 14.8. The van der Waals surface area contributed by atoms with Gasteiger partial charge in [-0.25, -0.2) is 4.39 Å². The van der Waals surface area contributed by atoms with E-state index < -0.39 is 0 Å². The largest absolute Gasteiger partial charge is 0.314 e. The van der Waals surface area contributed by atoms with E-state index in [2.05, 4.69) is 19.2 Å². The summed E-state index contributed by atoms with van der Waals surface area (Å²) in [6.07, 6.45) is 5.41. The second-order valence-electron chi connectivity index (χ2n) is 6.09. The normalized spacial score (nSPS) is 26.8. The van der Waals surface area contributed by atoms with Crippen molar-refractivity contribution >= 4 is 11.6 Å². The van der Waals surface area contributed by atoms with Gasteiger partial charge in [0.05, 0.1) is 5.02 Å². The van der Waals surface area contributed by atoms with Crippen LogP contribution in [0.4, 0.5) is 4.39 Å². The average Bonchev–Trinajstić information content (AvgIpc) is 2.74. The topological polar surface area (TPSA) is 12.0 Å². The summed E-state index contributed by atoms with van der Waals surface area (Å²) in [4.78, 5) is 0. The molecule has 106 valence electrons. The Balaban J connectivity index is 2.01. The van der Waals surface area contributed by atoms with E-state index in [0.717, 1.165) is 37.8 Å². The van der Waals surface area contributed by atoms with Crippen molar-refractivity contribution in [2.45, 2.75) is 52.0 Å². The third-order valence-corrected chi connectivity index (χ3v) is 4.46. The van der Waals surface area contributed by atoms with Crippen molar-refractivity contribution in [1.82, 2.24) is 5.32 Å². The van der Waals surface area contributed by atoms with E-state index >= 15 is 0 Å². The molecule has 0 aromatic heterocycles. The minimum atomic E-state index is -0.240. The van der Waals surface area contributed by atoms with Crippen molar-refractivity contribution in [3.8, 4) is 0 Å². The Kier molecular flexibility index (Phi) is 4.86. The molecule has 1 fully saturated rings. The first-order valence-corrected chi connectivity index (χ1v) is 7.58. The molecule has 0 spiro atoms. The molecule has 1 saturated carbocycles. The summed E-state index contributed by atoms with van der Waals surface area (Å²) in [6.45, 7) is 5.52. The van der Waals surface area contributed by atoms with Crippen LogP contribution in [-0.4, -0.2) is 12.6 Å². The molecule has 2 atom stereocenters. The molecule has 0 radical (unpaired) electrons. The predicted octanol–water partition coefficient (Wildman–Crippen LogP) is 4.58. The van der Waals surface area contributed by atoms with Gasteiger partial charge in [0.2, 0.25) is 0 Å². The molecule has 0 bridgehead atoms. The van der Waals surface area contributed by atoms with Crippen LogP contribution < -0.4 is 5.32 Å². The molecule has 2 rings (SSSR count). The molecule has 0 aliphatic heterocycles. The number of hydrogen-bond acceptors (Lipinski definition) is 1. The smallest absolute Gasteiger partial charge is 0.144 e. The molecule has 1 aromatic rings. The van der Waals surface area contributed by atoms with Crippen LogP contribution in [0.15, 0.2) is 18.2 Å². The monoisotopic (exact) mass is 283 g/mol. The Morgan fingerprint density at radius 3 is 3.00 bits per heavy atom. The zero-order valence-electron chi connectivity index (χ0n) is 11.8. The maximum absolute atomic E-state index is 14.0. The minimum absolute atomic E-state index is 0.191. The van der Waals surface area contributed by atoms with E-state index in [9.17, 15) is 4.39 Å². The number of halogens is 2. The van der Waals surface area contributed by atoms with Gasteiger partial charge in [-0.05, 0) is 55.7 Å². The van der Waals surface area contributed by atoms with Crippen molar-refractivity contribution in [3.63, 3.8) is 0 Å². The summed E-state index contributed by atoms with van der Waals surface area (Å²) in [6, 6.07) is 5.90. The fourth-order valence-electron chi connectivity index (χ4n) is 3.15. The summed E-state index contributed by atoms with van der Waals surface area (Å²) in [5.41, 5.74) is 0.947. The van der Waals surface area contributed by atoms with Crippen molar-refractivity contribution in [2.75, 3.05) is 6.54 Å². The Morgan fingerprint density at radius 1 is 1.47 bits per heavy atom. The number of hydrogen-bond donors (Lipinski definition) is 1. The lowest BCUT2D eigenvalue weighted by Crippen LogP contribution is -2.29. The quantitative estimate of drug-likeness (QED) is 0.834.